The van der Waals surface area contributed by atoms with E-state index >= 15 is 0 Å². The molecule has 1 heterocycles. The predicted molar refractivity (Wildman–Crippen MR) is 105 cm³/mol. The summed E-state index contributed by atoms with van der Waals surface area (Å²) in [6, 6.07) is 16.2. The van der Waals surface area contributed by atoms with Gasteiger partial charge in [0.2, 0.25) is 0 Å². The first-order chi connectivity index (χ1) is 13.3. The lowest BCUT2D eigenvalue weighted by Gasteiger charge is -2.31. The van der Waals surface area contributed by atoms with Gasteiger partial charge >= 0.3 is 5.97 Å². The lowest BCUT2D eigenvalue weighted by atomic mass is 9.80. The van der Waals surface area contributed by atoms with Crippen LogP contribution in [0.25, 0.3) is 0 Å². The largest absolute Gasteiger partial charge is 0.493 e. The van der Waals surface area contributed by atoms with Gasteiger partial charge in [-0.05, 0) is 38.0 Å². The summed E-state index contributed by atoms with van der Waals surface area (Å²) in [6.07, 6.45) is 0.364. The number of hydrogen-bond donors (Lipinski definition) is 1. The Morgan fingerprint density at radius 3 is 2.25 bits per heavy atom. The van der Waals surface area contributed by atoms with Crippen LogP contribution in [0.3, 0.4) is 0 Å². The second-order valence-corrected chi connectivity index (χ2v) is 7.49. The first-order valence-corrected chi connectivity index (χ1v) is 9.20. The molecule has 6 nitrogen and oxygen atoms in total. The molecule has 1 unspecified atom stereocenters. The maximum atomic E-state index is 13.2. The second kappa shape index (κ2) is 7.54. The molecular weight excluding hydrogens is 358 g/mol. The van der Waals surface area contributed by atoms with E-state index in [1.54, 1.807) is 56.2 Å². The van der Waals surface area contributed by atoms with Gasteiger partial charge in [-0.1, -0.05) is 42.5 Å². The van der Waals surface area contributed by atoms with E-state index in [0.29, 0.717) is 30.0 Å². The van der Waals surface area contributed by atoms with Gasteiger partial charge < -0.3 is 19.5 Å². The smallest absolute Gasteiger partial charge is 0.316 e. The number of carboxylic acid groups (broad SMARTS) is 1. The summed E-state index contributed by atoms with van der Waals surface area (Å²) in [5, 5.41) is 9.94. The first kappa shape index (κ1) is 19.7. The third-order valence-corrected chi connectivity index (χ3v) is 5.24. The molecule has 0 spiro atoms. The summed E-state index contributed by atoms with van der Waals surface area (Å²) in [5.41, 5.74) is -1.56. The number of ether oxygens (including phenoxy) is 2. The van der Waals surface area contributed by atoms with Gasteiger partial charge in [-0.2, -0.15) is 0 Å². The molecule has 2 aromatic carbocycles. The minimum Gasteiger partial charge on any atom is -0.493 e. The highest BCUT2D eigenvalue weighted by molar-refractivity contribution is 5.88. The van der Waals surface area contributed by atoms with Crippen LogP contribution in [0, 0.1) is 0 Å². The normalized spacial score (nSPS) is 19.3. The highest BCUT2D eigenvalue weighted by atomic mass is 16.5. The highest BCUT2D eigenvalue weighted by Gasteiger charge is 2.50. The summed E-state index contributed by atoms with van der Waals surface area (Å²) in [6.45, 7) is 3.85. The van der Waals surface area contributed by atoms with E-state index in [4.69, 9.17) is 9.47 Å². The molecule has 1 amide bonds. The van der Waals surface area contributed by atoms with Gasteiger partial charge in [-0.25, -0.2) is 0 Å². The third kappa shape index (κ3) is 3.54. The number of carbonyl (C=O) groups excluding carboxylic acids is 1. The van der Waals surface area contributed by atoms with E-state index in [2.05, 4.69) is 0 Å². The zero-order valence-corrected chi connectivity index (χ0v) is 16.3. The molecule has 6 heteroatoms. The molecular formula is C22H25NO5. The molecule has 2 aromatic rings. The quantitative estimate of drug-likeness (QED) is 0.830. The van der Waals surface area contributed by atoms with Crippen LogP contribution >= 0.6 is 0 Å². The van der Waals surface area contributed by atoms with Crippen molar-refractivity contribution in [1.29, 1.82) is 0 Å². The van der Waals surface area contributed by atoms with E-state index in [1.807, 2.05) is 24.3 Å². The first-order valence-electron chi connectivity index (χ1n) is 9.20. The SMILES string of the molecule is COc1ccccc1OC(C)(C)C(=O)N1CCC(C(=O)O)(c2ccccc2)C1. The lowest BCUT2D eigenvalue weighted by Crippen LogP contribution is -2.50. The van der Waals surface area contributed by atoms with Crippen LogP contribution in [-0.4, -0.2) is 47.7 Å². The van der Waals surface area contributed by atoms with Crippen molar-refractivity contribution in [3.63, 3.8) is 0 Å². The van der Waals surface area contributed by atoms with E-state index in [0.717, 1.165) is 0 Å². The summed E-state index contributed by atoms with van der Waals surface area (Å²) in [4.78, 5) is 26.9. The molecule has 0 aliphatic carbocycles. The predicted octanol–water partition coefficient (Wildman–Crippen LogP) is 3.11. The van der Waals surface area contributed by atoms with Crippen molar-refractivity contribution in [3.05, 3.63) is 60.2 Å². The van der Waals surface area contributed by atoms with Crippen LogP contribution in [-0.2, 0) is 15.0 Å². The molecule has 1 aliphatic rings. The molecule has 1 N–H and O–H groups in total. The van der Waals surface area contributed by atoms with Crippen molar-refractivity contribution in [2.45, 2.75) is 31.3 Å². The Balaban J connectivity index is 1.82. The minimum atomic E-state index is -1.17. The molecule has 0 aromatic heterocycles. The number of nitrogens with zero attached hydrogens (tertiary/aromatic N) is 1. The van der Waals surface area contributed by atoms with Gasteiger partial charge in [-0.3, -0.25) is 9.59 Å². The Kier molecular flexibility index (Phi) is 5.31. The fourth-order valence-electron chi connectivity index (χ4n) is 3.68. The maximum Gasteiger partial charge on any atom is 0.316 e. The van der Waals surface area contributed by atoms with Crippen LogP contribution in [0.1, 0.15) is 25.8 Å². The number of methoxy groups -OCH3 is 1. The minimum absolute atomic E-state index is 0.115. The average Bonchev–Trinajstić information content (AvgIpc) is 3.15. The Hall–Kier alpha value is -3.02. The maximum absolute atomic E-state index is 13.2. The summed E-state index contributed by atoms with van der Waals surface area (Å²) in [7, 11) is 1.54. The molecule has 1 atom stereocenters. The monoisotopic (exact) mass is 383 g/mol. The number of hydrogen-bond acceptors (Lipinski definition) is 4. The average molecular weight is 383 g/mol. The van der Waals surface area contributed by atoms with Crippen molar-refractivity contribution >= 4 is 11.9 Å². The van der Waals surface area contributed by atoms with Crippen LogP contribution in [0.2, 0.25) is 0 Å². The number of aliphatic carboxylic acids is 1. The van der Waals surface area contributed by atoms with Crippen LogP contribution < -0.4 is 9.47 Å². The molecule has 1 aliphatic heterocycles. The van der Waals surface area contributed by atoms with E-state index < -0.39 is 17.0 Å². The number of carboxylic acids is 1. The number of amides is 1. The number of para-hydroxylation sites is 2. The topological polar surface area (TPSA) is 76.1 Å². The van der Waals surface area contributed by atoms with Gasteiger partial charge in [0.1, 0.15) is 5.41 Å². The lowest BCUT2D eigenvalue weighted by molar-refractivity contribution is -0.146. The summed E-state index contributed by atoms with van der Waals surface area (Å²) < 4.78 is 11.3. The van der Waals surface area contributed by atoms with Crippen LogP contribution in [0.4, 0.5) is 0 Å². The fourth-order valence-corrected chi connectivity index (χ4v) is 3.68. The molecule has 3 rings (SSSR count). The van der Waals surface area contributed by atoms with Crippen molar-refractivity contribution in [2.75, 3.05) is 20.2 Å². The molecule has 1 fully saturated rings. The third-order valence-electron chi connectivity index (χ3n) is 5.24. The van der Waals surface area contributed by atoms with E-state index in [-0.39, 0.29) is 12.5 Å². The number of benzene rings is 2. The van der Waals surface area contributed by atoms with E-state index in [9.17, 15) is 14.7 Å². The molecule has 0 radical (unpaired) electrons. The van der Waals surface area contributed by atoms with Crippen molar-refractivity contribution in [2.24, 2.45) is 0 Å². The van der Waals surface area contributed by atoms with Crippen molar-refractivity contribution < 1.29 is 24.2 Å². The molecule has 0 bridgehead atoms. The second-order valence-electron chi connectivity index (χ2n) is 7.49. The summed E-state index contributed by atoms with van der Waals surface area (Å²) >= 11 is 0. The van der Waals surface area contributed by atoms with Gasteiger partial charge in [0.25, 0.3) is 5.91 Å². The molecule has 28 heavy (non-hydrogen) atoms. The van der Waals surface area contributed by atoms with Gasteiger partial charge in [0, 0.05) is 13.1 Å². The van der Waals surface area contributed by atoms with Crippen molar-refractivity contribution in [1.82, 2.24) is 4.90 Å². The van der Waals surface area contributed by atoms with Crippen LogP contribution in [0.5, 0.6) is 11.5 Å². The molecule has 148 valence electrons. The van der Waals surface area contributed by atoms with Gasteiger partial charge in [0.15, 0.2) is 17.1 Å². The van der Waals surface area contributed by atoms with Gasteiger partial charge in [0.05, 0.1) is 7.11 Å². The Labute approximate surface area is 164 Å². The highest BCUT2D eigenvalue weighted by Crippen LogP contribution is 2.37. The summed E-state index contributed by atoms with van der Waals surface area (Å²) in [5.74, 6) is -0.168. The Bertz CT molecular complexity index is 864. The Morgan fingerprint density at radius 2 is 1.64 bits per heavy atom. The van der Waals surface area contributed by atoms with E-state index in [1.165, 1.54) is 0 Å². The van der Waals surface area contributed by atoms with Crippen molar-refractivity contribution in [3.8, 4) is 11.5 Å². The zero-order chi connectivity index (χ0) is 20.4. The zero-order valence-electron chi connectivity index (χ0n) is 16.3. The molecule has 0 saturated carbocycles. The standard InChI is InChI=1S/C22H25NO5/c1-21(2,28-18-12-8-7-11-17(18)27-3)19(24)23-14-13-22(15-23,20(25)26)16-9-5-4-6-10-16/h4-12H,13-15H2,1-3H3,(H,25,26). The van der Waals surface area contributed by atoms with Gasteiger partial charge in [-0.15, -0.1) is 0 Å². The fraction of sp³-hybridized carbons (Fsp3) is 0.364. The Morgan fingerprint density at radius 1 is 1.04 bits per heavy atom. The van der Waals surface area contributed by atoms with Crippen LogP contribution in [0.15, 0.2) is 54.6 Å². The number of carbonyl (C=O) groups is 2. The number of rotatable bonds is 6. The number of likely N-dealkylation sites (tertiary alicyclic amines) is 1. The molecule has 1 saturated heterocycles.